The molecule has 1 heteroatoms. The zero-order valence-corrected chi connectivity index (χ0v) is 12.9. The fraction of sp³-hybridized carbons (Fsp3) is 0.136. The topological polar surface area (TPSA) is 17.1 Å². The molecule has 2 aromatic rings. The summed E-state index contributed by atoms with van der Waals surface area (Å²) in [6.45, 7) is 0. The number of rotatable bonds is 2. The molecule has 112 valence electrons. The first-order chi connectivity index (χ1) is 11.3. The van der Waals surface area contributed by atoms with Gasteiger partial charge in [0.25, 0.3) is 0 Å². The minimum Gasteiger partial charge on any atom is -0.290 e. The highest BCUT2D eigenvalue weighted by atomic mass is 16.1. The van der Waals surface area contributed by atoms with E-state index in [1.54, 1.807) is 0 Å². The van der Waals surface area contributed by atoms with Gasteiger partial charge in [-0.05, 0) is 41.7 Å². The first-order valence-corrected chi connectivity index (χ1v) is 8.06. The van der Waals surface area contributed by atoms with Gasteiger partial charge in [0.1, 0.15) is 0 Å². The summed E-state index contributed by atoms with van der Waals surface area (Å²) in [7, 11) is 0. The minimum absolute atomic E-state index is 0.138. The summed E-state index contributed by atoms with van der Waals surface area (Å²) < 4.78 is 0. The maximum atomic E-state index is 12.7. The summed E-state index contributed by atoms with van der Waals surface area (Å²) in [6.07, 6.45) is 10.3. The normalized spacial score (nSPS) is 24.6. The van der Waals surface area contributed by atoms with Crippen LogP contribution in [0.25, 0.3) is 11.6 Å². The van der Waals surface area contributed by atoms with Crippen molar-refractivity contribution in [3.63, 3.8) is 0 Å². The van der Waals surface area contributed by atoms with Crippen molar-refractivity contribution in [3.8, 4) is 0 Å². The van der Waals surface area contributed by atoms with Crippen molar-refractivity contribution in [2.75, 3.05) is 0 Å². The van der Waals surface area contributed by atoms with Crippen LogP contribution in [-0.4, -0.2) is 5.78 Å². The lowest BCUT2D eigenvalue weighted by Crippen LogP contribution is -2.18. The van der Waals surface area contributed by atoms with E-state index in [9.17, 15) is 4.79 Å². The number of ketones is 1. The second-order valence-electron chi connectivity index (χ2n) is 6.17. The van der Waals surface area contributed by atoms with Crippen molar-refractivity contribution < 1.29 is 4.79 Å². The molecule has 0 bridgehead atoms. The van der Waals surface area contributed by atoms with Gasteiger partial charge >= 0.3 is 0 Å². The van der Waals surface area contributed by atoms with Crippen LogP contribution in [0.5, 0.6) is 0 Å². The van der Waals surface area contributed by atoms with E-state index in [1.807, 2.05) is 54.6 Å². The highest BCUT2D eigenvalue weighted by Gasteiger charge is 2.45. The molecular weight excluding hydrogens is 280 g/mol. The molecule has 0 radical (unpaired) electrons. The molecule has 2 aliphatic carbocycles. The van der Waals surface area contributed by atoms with E-state index < -0.39 is 0 Å². The third-order valence-corrected chi connectivity index (χ3v) is 4.81. The molecular formula is C22H18O. The molecule has 4 rings (SSSR count). The van der Waals surface area contributed by atoms with E-state index in [0.29, 0.717) is 0 Å². The van der Waals surface area contributed by atoms with E-state index in [4.69, 9.17) is 0 Å². The highest BCUT2D eigenvalue weighted by molar-refractivity contribution is 6.19. The van der Waals surface area contributed by atoms with Crippen molar-refractivity contribution >= 4 is 17.4 Å². The quantitative estimate of drug-likeness (QED) is 0.558. The lowest BCUT2D eigenvalue weighted by molar-refractivity contribution is -0.111. The van der Waals surface area contributed by atoms with Crippen molar-refractivity contribution in [3.05, 3.63) is 95.6 Å². The number of allylic oxidation sites excluding steroid dienone is 5. The summed E-state index contributed by atoms with van der Waals surface area (Å²) in [6, 6.07) is 20.4. The Morgan fingerprint density at radius 3 is 2.26 bits per heavy atom. The van der Waals surface area contributed by atoms with Gasteiger partial charge in [0, 0.05) is 11.0 Å². The highest BCUT2D eigenvalue weighted by Crippen LogP contribution is 2.54. The van der Waals surface area contributed by atoms with Gasteiger partial charge in [-0.2, -0.15) is 0 Å². The van der Waals surface area contributed by atoms with Crippen molar-refractivity contribution in [1.82, 2.24) is 0 Å². The molecule has 1 spiro atoms. The summed E-state index contributed by atoms with van der Waals surface area (Å²) in [5, 5.41) is 0. The zero-order chi connectivity index (χ0) is 15.7. The second kappa shape index (κ2) is 5.51. The Balaban J connectivity index is 1.85. The first-order valence-electron chi connectivity index (χ1n) is 8.06. The zero-order valence-electron chi connectivity index (χ0n) is 12.9. The summed E-state index contributed by atoms with van der Waals surface area (Å²) in [4.78, 5) is 12.7. The Morgan fingerprint density at radius 2 is 1.61 bits per heavy atom. The third-order valence-electron chi connectivity index (χ3n) is 4.81. The molecule has 0 fully saturated rings. The molecule has 1 atom stereocenters. The Bertz CT molecular complexity index is 825. The van der Waals surface area contributed by atoms with E-state index in [-0.39, 0.29) is 11.2 Å². The Kier molecular flexibility index (Phi) is 3.34. The number of hydrogen-bond acceptors (Lipinski definition) is 1. The molecule has 0 aliphatic heterocycles. The Hall–Kier alpha value is -2.67. The van der Waals surface area contributed by atoms with Crippen LogP contribution in [-0.2, 0) is 4.79 Å². The van der Waals surface area contributed by atoms with Gasteiger partial charge in [-0.15, -0.1) is 0 Å². The predicted octanol–water partition coefficient (Wildman–Crippen LogP) is 5.07. The van der Waals surface area contributed by atoms with Crippen LogP contribution in [0.15, 0.2) is 84.5 Å². The van der Waals surface area contributed by atoms with Gasteiger partial charge in [0.2, 0.25) is 0 Å². The molecule has 0 amide bonds. The number of hydrogen-bond donors (Lipinski definition) is 0. The fourth-order valence-electron chi connectivity index (χ4n) is 3.70. The monoisotopic (exact) mass is 298 g/mol. The standard InChI is InChI=1S/C22H18O/c23-21-16-19(18-11-5-2-6-12-18)22(13-7-8-14-22)20(21)15-17-9-3-1-4-10-17/h1-7,9-13,15-16H,8,14H2/b20-15+. The molecule has 2 aliphatic rings. The van der Waals surface area contributed by atoms with Crippen LogP contribution in [0.4, 0.5) is 0 Å². The van der Waals surface area contributed by atoms with Crippen LogP contribution in [0.3, 0.4) is 0 Å². The van der Waals surface area contributed by atoms with Crippen LogP contribution in [0, 0.1) is 5.41 Å². The van der Waals surface area contributed by atoms with E-state index in [2.05, 4.69) is 30.4 Å². The maximum Gasteiger partial charge on any atom is 0.183 e. The second-order valence-corrected chi connectivity index (χ2v) is 6.17. The van der Waals surface area contributed by atoms with Gasteiger partial charge in [0.15, 0.2) is 5.78 Å². The van der Waals surface area contributed by atoms with Crippen LogP contribution < -0.4 is 0 Å². The number of benzene rings is 2. The molecule has 2 aromatic carbocycles. The molecule has 1 nitrogen and oxygen atoms in total. The summed E-state index contributed by atoms with van der Waals surface area (Å²) in [5.41, 5.74) is 4.01. The molecule has 0 aromatic heterocycles. The molecule has 0 saturated carbocycles. The summed E-state index contributed by atoms with van der Waals surface area (Å²) >= 11 is 0. The number of carbonyl (C=O) groups excluding carboxylic acids is 1. The van der Waals surface area contributed by atoms with Gasteiger partial charge in [0.05, 0.1) is 0 Å². The van der Waals surface area contributed by atoms with E-state index in [0.717, 1.165) is 35.1 Å². The maximum absolute atomic E-state index is 12.7. The SMILES string of the molecule is O=C1C=C(c2ccccc2)C2(C=CCC2)/C1=C/c1ccccc1. The van der Waals surface area contributed by atoms with Crippen LogP contribution in [0.2, 0.25) is 0 Å². The summed E-state index contributed by atoms with van der Waals surface area (Å²) in [5.74, 6) is 0.138. The lowest BCUT2D eigenvalue weighted by Gasteiger charge is -2.27. The lowest BCUT2D eigenvalue weighted by atomic mass is 9.74. The minimum atomic E-state index is -0.256. The van der Waals surface area contributed by atoms with Crippen LogP contribution >= 0.6 is 0 Å². The molecule has 23 heavy (non-hydrogen) atoms. The molecule has 0 saturated heterocycles. The number of carbonyl (C=O) groups is 1. The van der Waals surface area contributed by atoms with Gasteiger partial charge in [-0.3, -0.25) is 4.79 Å². The van der Waals surface area contributed by atoms with Gasteiger partial charge in [-0.25, -0.2) is 0 Å². The van der Waals surface area contributed by atoms with E-state index in [1.165, 1.54) is 0 Å². The first kappa shape index (κ1) is 14.0. The molecule has 1 unspecified atom stereocenters. The molecule has 0 heterocycles. The van der Waals surface area contributed by atoms with Gasteiger partial charge < -0.3 is 0 Å². The molecule has 0 N–H and O–H groups in total. The Morgan fingerprint density at radius 1 is 0.913 bits per heavy atom. The average molecular weight is 298 g/mol. The average Bonchev–Trinajstić information content (AvgIpc) is 3.18. The fourth-order valence-corrected chi connectivity index (χ4v) is 3.70. The van der Waals surface area contributed by atoms with Crippen molar-refractivity contribution in [1.29, 1.82) is 0 Å². The largest absolute Gasteiger partial charge is 0.290 e. The van der Waals surface area contributed by atoms with Crippen molar-refractivity contribution in [2.45, 2.75) is 12.8 Å². The third kappa shape index (κ3) is 2.29. The van der Waals surface area contributed by atoms with Crippen molar-refractivity contribution in [2.24, 2.45) is 5.41 Å². The van der Waals surface area contributed by atoms with Gasteiger partial charge in [-0.1, -0.05) is 72.8 Å². The van der Waals surface area contributed by atoms with E-state index >= 15 is 0 Å². The van der Waals surface area contributed by atoms with Crippen LogP contribution in [0.1, 0.15) is 24.0 Å². The predicted molar refractivity (Wildman–Crippen MR) is 94.7 cm³/mol. The Labute approximate surface area is 136 Å². The smallest absolute Gasteiger partial charge is 0.183 e.